The average molecular weight is 553 g/mol. The van der Waals surface area contributed by atoms with Gasteiger partial charge in [-0.2, -0.15) is 0 Å². The first-order valence-corrected chi connectivity index (χ1v) is 12.0. The molecule has 2 aromatic carbocycles. The number of nitrogens with zero attached hydrogens (tertiary/aromatic N) is 7. The lowest BCUT2D eigenvalue weighted by Crippen LogP contribution is -2.33. The number of rotatable bonds is 6. The van der Waals surface area contributed by atoms with E-state index < -0.39 is 37.3 Å². The zero-order valence-electron chi connectivity index (χ0n) is 18.6. The molecule has 6 rings (SSSR count). The minimum absolute atomic E-state index is 0.388. The lowest BCUT2D eigenvalue weighted by atomic mass is 10.1. The Hall–Kier alpha value is -3.49. The number of aliphatic hydroxyl groups excluding tert-OH is 3. The second kappa shape index (κ2) is 9.19. The number of fused-ring (bicyclic) bond motifs is 2. The third kappa shape index (κ3) is 3.81. The Morgan fingerprint density at radius 3 is 2.72 bits per heavy atom. The topological polar surface area (TPSA) is 156 Å². The van der Waals surface area contributed by atoms with Crippen LogP contribution in [0.2, 0.25) is 0 Å². The highest BCUT2D eigenvalue weighted by molar-refractivity contribution is 9.10. The Bertz CT molecular complexity index is 1540. The third-order valence-corrected chi connectivity index (χ3v) is 6.70. The van der Waals surface area contributed by atoms with Crippen molar-refractivity contribution in [1.82, 2.24) is 34.5 Å². The largest absolute Gasteiger partial charge is 0.394 e. The van der Waals surface area contributed by atoms with E-state index in [-0.39, 0.29) is 0 Å². The fourth-order valence-electron chi connectivity index (χ4n) is 4.42. The van der Waals surface area contributed by atoms with Gasteiger partial charge < -0.3 is 25.4 Å². The fourth-order valence-corrected chi connectivity index (χ4v) is 4.84. The number of benzene rings is 2. The molecule has 0 amide bonds. The van der Waals surface area contributed by atoms with Crippen molar-refractivity contribution in [1.29, 1.82) is 0 Å². The first kappa shape index (κ1) is 22.9. The highest BCUT2D eigenvalue weighted by atomic mass is 79.9. The van der Waals surface area contributed by atoms with Gasteiger partial charge in [0.2, 0.25) is 0 Å². The second-order valence-corrected chi connectivity index (χ2v) is 9.32. The summed E-state index contributed by atoms with van der Waals surface area (Å²) in [5, 5.41) is 42.2. The van der Waals surface area contributed by atoms with Crippen molar-refractivity contribution in [3.05, 3.63) is 71.2 Å². The number of halogens is 1. The maximum absolute atomic E-state index is 10.5. The summed E-state index contributed by atoms with van der Waals surface area (Å²) in [4.78, 5) is 13.2. The van der Waals surface area contributed by atoms with Crippen LogP contribution in [0.25, 0.3) is 22.2 Å². The van der Waals surface area contributed by atoms with Crippen molar-refractivity contribution < 1.29 is 20.1 Å². The SMILES string of the molecule is OC[C@H]1O[C@@H](n2cnc3c(NC(c4cccc(Br)c4)n4nnc5ccccc54)ncnc32)[C@H](O)[C@@H]1O. The van der Waals surface area contributed by atoms with Gasteiger partial charge in [0.05, 0.1) is 18.5 Å². The van der Waals surface area contributed by atoms with Crippen molar-refractivity contribution in [2.24, 2.45) is 0 Å². The summed E-state index contributed by atoms with van der Waals surface area (Å²) in [6.45, 7) is -0.427. The Morgan fingerprint density at radius 2 is 1.92 bits per heavy atom. The number of nitrogens with one attached hydrogen (secondary N) is 1. The maximum atomic E-state index is 10.5. The van der Waals surface area contributed by atoms with Gasteiger partial charge in [-0.1, -0.05) is 45.4 Å². The highest BCUT2D eigenvalue weighted by Gasteiger charge is 2.44. The predicted molar refractivity (Wildman–Crippen MR) is 132 cm³/mol. The molecule has 1 unspecified atom stereocenters. The second-order valence-electron chi connectivity index (χ2n) is 8.40. The molecule has 1 aliphatic rings. The third-order valence-electron chi connectivity index (χ3n) is 6.21. The van der Waals surface area contributed by atoms with Crippen molar-refractivity contribution in [2.45, 2.75) is 30.7 Å². The summed E-state index contributed by atoms with van der Waals surface area (Å²) < 4.78 is 9.85. The van der Waals surface area contributed by atoms with Gasteiger partial charge in [0.1, 0.15) is 36.3 Å². The van der Waals surface area contributed by atoms with Crippen LogP contribution >= 0.6 is 15.9 Å². The van der Waals surface area contributed by atoms with E-state index >= 15 is 0 Å². The van der Waals surface area contributed by atoms with Crippen LogP contribution < -0.4 is 5.32 Å². The van der Waals surface area contributed by atoms with Gasteiger partial charge >= 0.3 is 0 Å². The first-order valence-electron chi connectivity index (χ1n) is 11.2. The van der Waals surface area contributed by atoms with Crippen LogP contribution in [-0.4, -0.2) is 74.8 Å². The van der Waals surface area contributed by atoms with Gasteiger partial charge in [0.25, 0.3) is 0 Å². The van der Waals surface area contributed by atoms with Crippen LogP contribution in [0.4, 0.5) is 5.82 Å². The van der Waals surface area contributed by atoms with Crippen LogP contribution in [0.3, 0.4) is 0 Å². The lowest BCUT2D eigenvalue weighted by Gasteiger charge is -2.21. The van der Waals surface area contributed by atoms with Crippen LogP contribution in [0, 0.1) is 0 Å². The molecule has 12 nitrogen and oxygen atoms in total. The van der Waals surface area contributed by atoms with E-state index in [1.54, 1.807) is 4.68 Å². The highest BCUT2D eigenvalue weighted by Crippen LogP contribution is 2.33. The molecule has 1 fully saturated rings. The number of imidazole rings is 1. The van der Waals surface area contributed by atoms with E-state index in [0.717, 1.165) is 21.1 Å². The van der Waals surface area contributed by atoms with Crippen molar-refractivity contribution in [2.75, 3.05) is 11.9 Å². The number of aromatic nitrogens is 7. The Balaban J connectivity index is 1.43. The van der Waals surface area contributed by atoms with Crippen LogP contribution in [-0.2, 0) is 4.74 Å². The zero-order valence-corrected chi connectivity index (χ0v) is 20.2. The summed E-state index contributed by atoms with van der Waals surface area (Å²) in [7, 11) is 0. The summed E-state index contributed by atoms with van der Waals surface area (Å²) in [6.07, 6.45) is -2.04. The molecule has 5 atom stereocenters. The van der Waals surface area contributed by atoms with E-state index in [1.165, 1.54) is 17.2 Å². The Kier molecular flexibility index (Phi) is 5.85. The number of ether oxygens (including phenoxy) is 1. The number of para-hydroxylation sites is 1. The monoisotopic (exact) mass is 552 g/mol. The molecule has 5 aromatic rings. The quantitative estimate of drug-likeness (QED) is 0.244. The fraction of sp³-hybridized carbons (Fsp3) is 0.261. The molecular weight excluding hydrogens is 532 g/mol. The molecule has 13 heteroatoms. The molecular formula is C23H21BrN8O4. The van der Waals surface area contributed by atoms with Gasteiger partial charge in [-0.15, -0.1) is 5.10 Å². The zero-order chi connectivity index (χ0) is 24.8. The first-order chi connectivity index (χ1) is 17.5. The van der Waals surface area contributed by atoms with Crippen LogP contribution in [0.5, 0.6) is 0 Å². The van der Waals surface area contributed by atoms with Gasteiger partial charge in [-0.25, -0.2) is 19.6 Å². The smallest absolute Gasteiger partial charge is 0.167 e. The molecule has 184 valence electrons. The molecule has 0 radical (unpaired) electrons. The van der Waals surface area contributed by atoms with E-state index in [1.807, 2.05) is 48.5 Å². The summed E-state index contributed by atoms with van der Waals surface area (Å²) in [5.74, 6) is 0.426. The van der Waals surface area contributed by atoms with Gasteiger partial charge in [0.15, 0.2) is 23.2 Å². The van der Waals surface area contributed by atoms with Gasteiger partial charge in [0, 0.05) is 4.47 Å². The van der Waals surface area contributed by atoms with Crippen molar-refractivity contribution in [3.8, 4) is 0 Å². The molecule has 0 aliphatic carbocycles. The van der Waals surface area contributed by atoms with E-state index in [0.29, 0.717) is 17.0 Å². The molecule has 1 aliphatic heterocycles. The molecule has 4 heterocycles. The Labute approximate surface area is 212 Å². The molecule has 36 heavy (non-hydrogen) atoms. The van der Waals surface area contributed by atoms with Gasteiger partial charge in [-0.05, 0) is 29.8 Å². The normalized spacial score (nSPS) is 22.9. The maximum Gasteiger partial charge on any atom is 0.167 e. The van der Waals surface area contributed by atoms with Crippen LogP contribution in [0.1, 0.15) is 18.0 Å². The standard InChI is InChI=1S/C23H21BrN8O4/c24-13-5-3-4-12(8-13)21(32-15-7-2-1-6-14(15)29-30-32)28-20-17-22(26-10-25-20)31(11-27-17)23-19(35)18(34)16(9-33)36-23/h1-8,10-11,16,18-19,21,23,33-35H,9H2,(H,25,26,28)/t16-,18-,19-,21?,23-/m1/s1. The summed E-state index contributed by atoms with van der Waals surface area (Å²) in [5.41, 5.74) is 3.30. The van der Waals surface area contributed by atoms with E-state index in [4.69, 9.17) is 4.74 Å². The molecule has 0 spiro atoms. The van der Waals surface area contributed by atoms with Gasteiger partial charge in [-0.3, -0.25) is 4.57 Å². The number of aliphatic hydroxyl groups is 3. The molecule has 1 saturated heterocycles. The predicted octanol–water partition coefficient (Wildman–Crippen LogP) is 1.60. The average Bonchev–Trinajstić information content (AvgIpc) is 3.59. The van der Waals surface area contributed by atoms with E-state index in [2.05, 4.69) is 46.5 Å². The van der Waals surface area contributed by atoms with Crippen molar-refractivity contribution in [3.63, 3.8) is 0 Å². The van der Waals surface area contributed by atoms with Crippen LogP contribution in [0.15, 0.2) is 65.7 Å². The number of hydrogen-bond acceptors (Lipinski definition) is 10. The summed E-state index contributed by atoms with van der Waals surface area (Å²) in [6, 6.07) is 15.5. The molecule has 4 N–H and O–H groups in total. The molecule has 0 saturated carbocycles. The number of anilines is 1. The molecule has 0 bridgehead atoms. The Morgan fingerprint density at radius 1 is 1.06 bits per heavy atom. The molecule has 3 aromatic heterocycles. The minimum atomic E-state index is -1.26. The van der Waals surface area contributed by atoms with Crippen molar-refractivity contribution >= 4 is 43.9 Å². The number of hydrogen-bond donors (Lipinski definition) is 4. The minimum Gasteiger partial charge on any atom is -0.394 e. The summed E-state index contributed by atoms with van der Waals surface area (Å²) >= 11 is 3.54. The van der Waals surface area contributed by atoms with E-state index in [9.17, 15) is 15.3 Å². The lowest BCUT2D eigenvalue weighted by molar-refractivity contribution is -0.0511.